The quantitative estimate of drug-likeness (QED) is 0.718. The van der Waals surface area contributed by atoms with E-state index in [-0.39, 0.29) is 16.8 Å². The molecule has 1 aromatic rings. The van der Waals surface area contributed by atoms with Crippen LogP contribution < -0.4 is 0 Å². The molecular weight excluding hydrogens is 246 g/mol. The molecule has 0 bridgehead atoms. The first kappa shape index (κ1) is 9.68. The molecule has 74 valence electrons. The number of alkyl halides is 1. The number of hydroxylamine groups is 2. The maximum Gasteiger partial charge on any atom is 0.340 e. The fraction of sp³-hybridized carbons (Fsp3) is 0.300. The van der Waals surface area contributed by atoms with Crippen molar-refractivity contribution in [2.45, 2.75) is 10.9 Å². The first-order valence-electron chi connectivity index (χ1n) is 4.34. The lowest BCUT2D eigenvalue weighted by molar-refractivity contribution is -0.168. The van der Waals surface area contributed by atoms with Crippen LogP contribution in [0.4, 0.5) is 0 Å². The molecule has 1 aromatic carbocycles. The van der Waals surface area contributed by atoms with Crippen LogP contribution in [-0.4, -0.2) is 22.9 Å². The third-order valence-corrected chi connectivity index (χ3v) is 3.14. The lowest BCUT2D eigenvalue weighted by atomic mass is 10.1. The molecular formula is C10H10BrNO2. The number of benzene rings is 1. The maximum absolute atomic E-state index is 11.3. The molecule has 1 aliphatic heterocycles. The molecule has 0 saturated carbocycles. The topological polar surface area (TPSA) is 29.5 Å². The smallest absolute Gasteiger partial charge is 0.340 e. The van der Waals surface area contributed by atoms with Gasteiger partial charge in [0.2, 0.25) is 0 Å². The van der Waals surface area contributed by atoms with E-state index in [1.807, 2.05) is 30.3 Å². The van der Waals surface area contributed by atoms with Crippen LogP contribution in [0.2, 0.25) is 0 Å². The first-order chi connectivity index (χ1) is 6.70. The standard InChI is InChI=1S/C10H10BrNO2/c1-12-9(8(11)10(13)14-12)7-5-3-2-4-6-7/h2-6,8-9H,1H3. The Morgan fingerprint density at radius 2 is 2.00 bits per heavy atom. The van der Waals surface area contributed by atoms with Crippen LogP contribution in [0, 0.1) is 0 Å². The number of hydrogen-bond acceptors (Lipinski definition) is 3. The summed E-state index contributed by atoms with van der Waals surface area (Å²) in [6.07, 6.45) is 0. The highest BCUT2D eigenvalue weighted by atomic mass is 79.9. The zero-order valence-corrected chi connectivity index (χ0v) is 9.27. The van der Waals surface area contributed by atoms with Crippen molar-refractivity contribution < 1.29 is 9.63 Å². The summed E-state index contributed by atoms with van der Waals surface area (Å²) in [5.74, 6) is -0.235. The summed E-state index contributed by atoms with van der Waals surface area (Å²) in [6.45, 7) is 0. The molecule has 0 aromatic heterocycles. The van der Waals surface area contributed by atoms with E-state index in [0.717, 1.165) is 5.56 Å². The molecule has 0 N–H and O–H groups in total. The fourth-order valence-electron chi connectivity index (χ4n) is 1.59. The van der Waals surface area contributed by atoms with Crippen LogP contribution in [0.5, 0.6) is 0 Å². The van der Waals surface area contributed by atoms with E-state index in [1.165, 1.54) is 0 Å². The van der Waals surface area contributed by atoms with E-state index in [9.17, 15) is 4.79 Å². The third kappa shape index (κ3) is 1.55. The molecule has 0 amide bonds. The molecule has 4 heteroatoms. The normalized spacial score (nSPS) is 27.7. The highest BCUT2D eigenvalue weighted by Crippen LogP contribution is 2.34. The van der Waals surface area contributed by atoms with Crippen molar-refractivity contribution in [2.24, 2.45) is 0 Å². The summed E-state index contributed by atoms with van der Waals surface area (Å²) in [7, 11) is 1.76. The summed E-state index contributed by atoms with van der Waals surface area (Å²) in [4.78, 5) is 16.0. The minimum absolute atomic E-state index is 0.0382. The molecule has 1 aliphatic rings. The van der Waals surface area contributed by atoms with Crippen LogP contribution in [0.1, 0.15) is 11.6 Å². The number of rotatable bonds is 1. The second-order valence-electron chi connectivity index (χ2n) is 3.21. The summed E-state index contributed by atoms with van der Waals surface area (Å²) < 4.78 is 0. The lowest BCUT2D eigenvalue weighted by Crippen LogP contribution is -2.20. The minimum atomic E-state index is -0.283. The zero-order chi connectivity index (χ0) is 10.1. The van der Waals surface area contributed by atoms with Crippen molar-refractivity contribution in [1.82, 2.24) is 5.06 Å². The summed E-state index contributed by atoms with van der Waals surface area (Å²) in [5.41, 5.74) is 1.07. The van der Waals surface area contributed by atoms with Crippen molar-refractivity contribution >= 4 is 21.9 Å². The van der Waals surface area contributed by atoms with Gasteiger partial charge in [-0.2, -0.15) is 0 Å². The molecule has 2 atom stereocenters. The summed E-state index contributed by atoms with van der Waals surface area (Å²) >= 11 is 3.33. The van der Waals surface area contributed by atoms with E-state index >= 15 is 0 Å². The van der Waals surface area contributed by atoms with E-state index < -0.39 is 0 Å². The van der Waals surface area contributed by atoms with Crippen LogP contribution in [-0.2, 0) is 9.63 Å². The van der Waals surface area contributed by atoms with Gasteiger partial charge in [0.25, 0.3) is 0 Å². The second kappa shape index (κ2) is 3.71. The van der Waals surface area contributed by atoms with E-state index in [1.54, 1.807) is 12.1 Å². The molecule has 1 fully saturated rings. The Morgan fingerprint density at radius 3 is 2.50 bits per heavy atom. The second-order valence-corrected chi connectivity index (χ2v) is 4.20. The van der Waals surface area contributed by atoms with Gasteiger partial charge in [-0.3, -0.25) is 0 Å². The van der Waals surface area contributed by atoms with E-state index in [0.29, 0.717) is 0 Å². The molecule has 14 heavy (non-hydrogen) atoms. The lowest BCUT2D eigenvalue weighted by Gasteiger charge is -2.17. The van der Waals surface area contributed by atoms with Crippen molar-refractivity contribution in [3.63, 3.8) is 0 Å². The van der Waals surface area contributed by atoms with Gasteiger partial charge >= 0.3 is 5.97 Å². The van der Waals surface area contributed by atoms with Crippen LogP contribution >= 0.6 is 15.9 Å². The Hall–Kier alpha value is -0.870. The number of halogens is 1. The number of carbonyl (C=O) groups excluding carboxylic acids is 1. The molecule has 2 rings (SSSR count). The number of nitrogens with zero attached hydrogens (tertiary/aromatic N) is 1. The van der Waals surface area contributed by atoms with Gasteiger partial charge < -0.3 is 4.84 Å². The average molecular weight is 256 g/mol. The van der Waals surface area contributed by atoms with Crippen molar-refractivity contribution in [2.75, 3.05) is 7.05 Å². The zero-order valence-electron chi connectivity index (χ0n) is 7.68. The van der Waals surface area contributed by atoms with Gasteiger partial charge in [-0.05, 0) is 5.56 Å². The molecule has 0 radical (unpaired) electrons. The molecule has 0 spiro atoms. The van der Waals surface area contributed by atoms with Gasteiger partial charge in [0.1, 0.15) is 4.83 Å². The Balaban J connectivity index is 2.31. The maximum atomic E-state index is 11.3. The Bertz CT molecular complexity index is 341. The highest BCUT2D eigenvalue weighted by Gasteiger charge is 2.40. The van der Waals surface area contributed by atoms with Gasteiger partial charge in [-0.1, -0.05) is 46.3 Å². The van der Waals surface area contributed by atoms with Crippen molar-refractivity contribution in [1.29, 1.82) is 0 Å². The average Bonchev–Trinajstić information content (AvgIpc) is 2.43. The Morgan fingerprint density at radius 1 is 1.36 bits per heavy atom. The Labute approximate surface area is 90.7 Å². The van der Waals surface area contributed by atoms with Crippen molar-refractivity contribution in [3.05, 3.63) is 35.9 Å². The van der Waals surface area contributed by atoms with Gasteiger partial charge in [-0.25, -0.2) is 4.79 Å². The number of carbonyl (C=O) groups is 1. The van der Waals surface area contributed by atoms with Crippen LogP contribution in [0.3, 0.4) is 0 Å². The van der Waals surface area contributed by atoms with Crippen molar-refractivity contribution in [3.8, 4) is 0 Å². The van der Waals surface area contributed by atoms with Gasteiger partial charge in [0.05, 0.1) is 6.04 Å². The predicted octanol–water partition coefficient (Wildman–Crippen LogP) is 1.89. The van der Waals surface area contributed by atoms with E-state index in [4.69, 9.17) is 4.84 Å². The van der Waals surface area contributed by atoms with Crippen LogP contribution in [0.25, 0.3) is 0 Å². The van der Waals surface area contributed by atoms with E-state index in [2.05, 4.69) is 15.9 Å². The first-order valence-corrected chi connectivity index (χ1v) is 5.25. The Kier molecular flexibility index (Phi) is 2.56. The molecule has 1 saturated heterocycles. The third-order valence-electron chi connectivity index (χ3n) is 2.27. The van der Waals surface area contributed by atoms with Gasteiger partial charge in [-0.15, -0.1) is 5.06 Å². The monoisotopic (exact) mass is 255 g/mol. The fourth-order valence-corrected chi connectivity index (χ4v) is 2.31. The van der Waals surface area contributed by atoms with Gasteiger partial charge in [0.15, 0.2) is 0 Å². The SMILES string of the molecule is CN1OC(=O)C(Br)C1c1ccccc1. The molecule has 3 nitrogen and oxygen atoms in total. The van der Waals surface area contributed by atoms with Crippen LogP contribution in [0.15, 0.2) is 30.3 Å². The number of hydrogen-bond donors (Lipinski definition) is 0. The predicted molar refractivity (Wildman–Crippen MR) is 55.8 cm³/mol. The molecule has 0 aliphatic carbocycles. The minimum Gasteiger partial charge on any atom is -0.366 e. The largest absolute Gasteiger partial charge is 0.366 e. The van der Waals surface area contributed by atoms with Gasteiger partial charge in [0, 0.05) is 7.05 Å². The summed E-state index contributed by atoms with van der Waals surface area (Å²) in [5, 5.41) is 1.58. The highest BCUT2D eigenvalue weighted by molar-refractivity contribution is 9.10. The molecule has 2 unspecified atom stereocenters. The summed E-state index contributed by atoms with van der Waals surface area (Å²) in [6, 6.07) is 9.78. The molecule has 1 heterocycles.